The molecule has 1 unspecified atom stereocenters. The quantitative estimate of drug-likeness (QED) is 0.928. The van der Waals surface area contributed by atoms with E-state index in [9.17, 15) is 15.2 Å². The van der Waals surface area contributed by atoms with Crippen molar-refractivity contribution >= 4 is 5.91 Å². The molecule has 2 aromatic rings. The van der Waals surface area contributed by atoms with E-state index < -0.39 is 6.10 Å². The van der Waals surface area contributed by atoms with Crippen LogP contribution in [0.15, 0.2) is 48.5 Å². The second-order valence-corrected chi connectivity index (χ2v) is 5.78. The number of aliphatic hydroxyl groups is 1. The van der Waals surface area contributed by atoms with Crippen LogP contribution < -0.4 is 0 Å². The zero-order valence-electron chi connectivity index (χ0n) is 12.8. The van der Waals surface area contributed by atoms with Crippen molar-refractivity contribution in [2.24, 2.45) is 0 Å². The van der Waals surface area contributed by atoms with Crippen LogP contribution in [0.5, 0.6) is 0 Å². The lowest BCUT2D eigenvalue weighted by atomic mass is 9.99. The molecule has 1 atom stereocenters. The van der Waals surface area contributed by atoms with Gasteiger partial charge in [0.2, 0.25) is 0 Å². The molecule has 0 aliphatic carbocycles. The van der Waals surface area contributed by atoms with E-state index in [2.05, 4.69) is 6.07 Å². The fourth-order valence-corrected chi connectivity index (χ4v) is 2.95. The van der Waals surface area contributed by atoms with Crippen molar-refractivity contribution < 1.29 is 9.90 Å². The second kappa shape index (κ2) is 6.64. The summed E-state index contributed by atoms with van der Waals surface area (Å²) in [6.45, 7) is 1.09. The lowest BCUT2D eigenvalue weighted by Crippen LogP contribution is -2.42. The number of β-amino-alcohol motifs (C(OH)–C–C–N with tert-alkyl or cyclic N) is 1. The van der Waals surface area contributed by atoms with Gasteiger partial charge in [-0.1, -0.05) is 30.3 Å². The highest BCUT2D eigenvalue weighted by molar-refractivity contribution is 5.95. The smallest absolute Gasteiger partial charge is 0.253 e. The number of amides is 1. The van der Waals surface area contributed by atoms with Crippen LogP contribution in [0.4, 0.5) is 0 Å². The van der Waals surface area contributed by atoms with E-state index in [0.717, 1.165) is 24.0 Å². The van der Waals surface area contributed by atoms with E-state index in [-0.39, 0.29) is 5.91 Å². The van der Waals surface area contributed by atoms with Crippen LogP contribution in [0.2, 0.25) is 0 Å². The SMILES string of the molecule is N#Cc1ccccc1-c1ccc(C(=O)N2CCCC(O)C2)cc1. The highest BCUT2D eigenvalue weighted by Gasteiger charge is 2.22. The Bertz CT molecular complexity index is 747. The first-order chi connectivity index (χ1) is 11.2. The zero-order valence-corrected chi connectivity index (χ0v) is 12.8. The van der Waals surface area contributed by atoms with Gasteiger partial charge in [-0.3, -0.25) is 4.79 Å². The normalized spacial score (nSPS) is 17.6. The first-order valence-electron chi connectivity index (χ1n) is 7.76. The number of likely N-dealkylation sites (tertiary alicyclic amines) is 1. The first kappa shape index (κ1) is 15.3. The van der Waals surface area contributed by atoms with Gasteiger partial charge >= 0.3 is 0 Å². The number of carbonyl (C=O) groups excluding carboxylic acids is 1. The average molecular weight is 306 g/mol. The van der Waals surface area contributed by atoms with Crippen LogP contribution in [0.3, 0.4) is 0 Å². The fraction of sp³-hybridized carbons (Fsp3) is 0.263. The number of hydrogen-bond acceptors (Lipinski definition) is 3. The van der Waals surface area contributed by atoms with Crippen LogP contribution in [-0.2, 0) is 0 Å². The molecule has 1 heterocycles. The standard InChI is InChI=1S/C19H18N2O2/c20-12-16-4-1-2-6-18(16)14-7-9-15(10-8-14)19(23)21-11-3-5-17(22)13-21/h1-2,4,6-10,17,22H,3,5,11,13H2. The predicted octanol–water partition coefficient (Wildman–Crippen LogP) is 2.82. The van der Waals surface area contributed by atoms with E-state index in [4.69, 9.17) is 0 Å². The molecule has 0 spiro atoms. The molecule has 4 heteroatoms. The lowest BCUT2D eigenvalue weighted by molar-refractivity contribution is 0.0474. The van der Waals surface area contributed by atoms with Crippen LogP contribution >= 0.6 is 0 Å². The first-order valence-corrected chi connectivity index (χ1v) is 7.76. The molecule has 0 saturated carbocycles. The largest absolute Gasteiger partial charge is 0.391 e. The minimum atomic E-state index is -0.422. The number of piperidine rings is 1. The summed E-state index contributed by atoms with van der Waals surface area (Å²) in [6.07, 6.45) is 1.17. The summed E-state index contributed by atoms with van der Waals surface area (Å²) in [5.41, 5.74) is 3.00. The van der Waals surface area contributed by atoms with E-state index in [0.29, 0.717) is 24.2 Å². The Balaban J connectivity index is 1.82. The number of aliphatic hydroxyl groups excluding tert-OH is 1. The highest BCUT2D eigenvalue weighted by atomic mass is 16.3. The maximum atomic E-state index is 12.5. The molecule has 1 N–H and O–H groups in total. The van der Waals surface area contributed by atoms with Gasteiger partial charge in [0.1, 0.15) is 0 Å². The number of nitrogens with zero attached hydrogens (tertiary/aromatic N) is 2. The number of rotatable bonds is 2. The van der Waals surface area contributed by atoms with Crippen LogP contribution in [-0.4, -0.2) is 35.1 Å². The molecule has 1 amide bonds. The van der Waals surface area contributed by atoms with E-state index in [1.165, 1.54) is 0 Å². The summed E-state index contributed by atoms with van der Waals surface area (Å²) < 4.78 is 0. The van der Waals surface area contributed by atoms with Crippen molar-refractivity contribution in [3.05, 3.63) is 59.7 Å². The molecule has 0 radical (unpaired) electrons. The third-order valence-electron chi connectivity index (χ3n) is 4.17. The Labute approximate surface area is 135 Å². The van der Waals surface area contributed by atoms with Gasteiger partial charge in [0.15, 0.2) is 0 Å². The molecule has 1 aliphatic heterocycles. The molecular weight excluding hydrogens is 288 g/mol. The molecule has 116 valence electrons. The molecule has 3 rings (SSSR count). The summed E-state index contributed by atoms with van der Waals surface area (Å²) in [4.78, 5) is 14.2. The number of benzene rings is 2. The molecule has 0 aromatic heterocycles. The van der Waals surface area contributed by atoms with Gasteiger partial charge in [-0.25, -0.2) is 0 Å². The highest BCUT2D eigenvalue weighted by Crippen LogP contribution is 2.24. The Morgan fingerprint density at radius 2 is 1.91 bits per heavy atom. The average Bonchev–Trinajstić information content (AvgIpc) is 2.61. The Hall–Kier alpha value is -2.64. The summed E-state index contributed by atoms with van der Waals surface area (Å²) in [7, 11) is 0. The minimum Gasteiger partial charge on any atom is -0.391 e. The Morgan fingerprint density at radius 3 is 2.61 bits per heavy atom. The zero-order chi connectivity index (χ0) is 16.2. The summed E-state index contributed by atoms with van der Waals surface area (Å²) in [5, 5.41) is 18.9. The van der Waals surface area contributed by atoms with Crippen molar-refractivity contribution in [3.63, 3.8) is 0 Å². The van der Waals surface area contributed by atoms with Gasteiger partial charge in [-0.15, -0.1) is 0 Å². The maximum Gasteiger partial charge on any atom is 0.253 e. The van der Waals surface area contributed by atoms with Gasteiger partial charge in [-0.2, -0.15) is 5.26 Å². The van der Waals surface area contributed by atoms with Crippen LogP contribution in [0.25, 0.3) is 11.1 Å². The van der Waals surface area contributed by atoms with Gasteiger partial charge in [0.05, 0.1) is 17.7 Å². The molecular formula is C19H18N2O2. The van der Waals surface area contributed by atoms with Gasteiger partial charge in [-0.05, 0) is 42.2 Å². The molecule has 1 fully saturated rings. The van der Waals surface area contributed by atoms with Gasteiger partial charge in [0.25, 0.3) is 5.91 Å². The molecule has 2 aromatic carbocycles. The predicted molar refractivity (Wildman–Crippen MR) is 87.7 cm³/mol. The van der Waals surface area contributed by atoms with Crippen molar-refractivity contribution in [2.75, 3.05) is 13.1 Å². The third-order valence-corrected chi connectivity index (χ3v) is 4.17. The van der Waals surface area contributed by atoms with Crippen molar-refractivity contribution in [1.82, 2.24) is 4.90 Å². The van der Waals surface area contributed by atoms with E-state index in [1.54, 1.807) is 23.1 Å². The minimum absolute atomic E-state index is 0.0520. The summed E-state index contributed by atoms with van der Waals surface area (Å²) in [5.74, 6) is -0.0520. The van der Waals surface area contributed by atoms with Crippen LogP contribution in [0.1, 0.15) is 28.8 Å². The summed E-state index contributed by atoms with van der Waals surface area (Å²) >= 11 is 0. The van der Waals surface area contributed by atoms with Gasteiger partial charge < -0.3 is 10.0 Å². The van der Waals surface area contributed by atoms with Crippen molar-refractivity contribution in [2.45, 2.75) is 18.9 Å². The Morgan fingerprint density at radius 1 is 1.17 bits per heavy atom. The van der Waals surface area contributed by atoms with E-state index in [1.807, 2.05) is 30.3 Å². The summed E-state index contributed by atoms with van der Waals surface area (Å²) in [6, 6.07) is 16.9. The topological polar surface area (TPSA) is 64.3 Å². The fourth-order valence-electron chi connectivity index (χ4n) is 2.95. The number of carbonyl (C=O) groups is 1. The molecule has 0 bridgehead atoms. The number of hydrogen-bond donors (Lipinski definition) is 1. The van der Waals surface area contributed by atoms with E-state index >= 15 is 0 Å². The van der Waals surface area contributed by atoms with Crippen molar-refractivity contribution in [1.29, 1.82) is 5.26 Å². The van der Waals surface area contributed by atoms with Gasteiger partial charge in [0, 0.05) is 18.7 Å². The second-order valence-electron chi connectivity index (χ2n) is 5.78. The third kappa shape index (κ3) is 3.25. The monoisotopic (exact) mass is 306 g/mol. The molecule has 23 heavy (non-hydrogen) atoms. The molecule has 1 saturated heterocycles. The Kier molecular flexibility index (Phi) is 4.40. The maximum absolute atomic E-state index is 12.5. The molecule has 4 nitrogen and oxygen atoms in total. The number of nitriles is 1. The molecule has 1 aliphatic rings. The van der Waals surface area contributed by atoms with Crippen LogP contribution in [0, 0.1) is 11.3 Å². The lowest BCUT2D eigenvalue weighted by Gasteiger charge is -2.30. The van der Waals surface area contributed by atoms with Crippen molar-refractivity contribution in [3.8, 4) is 17.2 Å².